The fourth-order valence-corrected chi connectivity index (χ4v) is 3.02. The number of para-hydroxylation sites is 1. The average Bonchev–Trinajstić information content (AvgIpc) is 2.92. The van der Waals surface area contributed by atoms with E-state index in [4.69, 9.17) is 4.74 Å². The van der Waals surface area contributed by atoms with Gasteiger partial charge in [0.2, 0.25) is 0 Å². The molecule has 1 atom stereocenters. The first-order valence-corrected chi connectivity index (χ1v) is 9.22. The molecule has 29 heavy (non-hydrogen) atoms. The minimum absolute atomic E-state index is 0.153. The highest BCUT2D eigenvalue weighted by molar-refractivity contribution is 5.98. The van der Waals surface area contributed by atoms with Gasteiger partial charge in [-0.3, -0.25) is 14.3 Å². The van der Waals surface area contributed by atoms with Crippen molar-refractivity contribution in [3.8, 4) is 5.69 Å². The summed E-state index contributed by atoms with van der Waals surface area (Å²) in [5.41, 5.74) is 2.22. The smallest absolute Gasteiger partial charge is 0.339 e. The highest BCUT2D eigenvalue weighted by atomic mass is 16.5. The van der Waals surface area contributed by atoms with Crippen molar-refractivity contribution >= 4 is 17.6 Å². The van der Waals surface area contributed by atoms with E-state index < -0.39 is 18.0 Å². The molecule has 0 bridgehead atoms. The molecule has 0 spiro atoms. The van der Waals surface area contributed by atoms with Crippen LogP contribution in [0.25, 0.3) is 5.69 Å². The van der Waals surface area contributed by atoms with Crippen LogP contribution >= 0.6 is 0 Å². The molecular formula is C22H23N3O4. The minimum Gasteiger partial charge on any atom is -0.449 e. The van der Waals surface area contributed by atoms with Gasteiger partial charge in [-0.1, -0.05) is 36.4 Å². The van der Waals surface area contributed by atoms with Gasteiger partial charge in [0.15, 0.2) is 6.10 Å². The Morgan fingerprint density at radius 1 is 1.00 bits per heavy atom. The summed E-state index contributed by atoms with van der Waals surface area (Å²) >= 11 is 0. The molecule has 3 aromatic rings. The maximum Gasteiger partial charge on any atom is 0.339 e. The molecule has 1 amide bonds. The van der Waals surface area contributed by atoms with Crippen molar-refractivity contribution in [2.24, 2.45) is 7.05 Å². The minimum atomic E-state index is -1.06. The summed E-state index contributed by atoms with van der Waals surface area (Å²) in [6.07, 6.45) is -1.06. The molecule has 0 aliphatic heterocycles. The topological polar surface area (TPSA) is 82.3 Å². The van der Waals surface area contributed by atoms with Crippen molar-refractivity contribution in [1.82, 2.24) is 9.36 Å². The Bertz CT molecular complexity index is 1110. The van der Waals surface area contributed by atoms with Crippen LogP contribution in [0.4, 0.5) is 5.69 Å². The molecule has 2 aromatic carbocycles. The second kappa shape index (κ2) is 8.18. The van der Waals surface area contributed by atoms with Crippen LogP contribution in [-0.4, -0.2) is 27.3 Å². The predicted molar refractivity (Wildman–Crippen MR) is 110 cm³/mol. The summed E-state index contributed by atoms with van der Waals surface area (Å²) in [6.45, 7) is 5.00. The van der Waals surface area contributed by atoms with E-state index in [2.05, 4.69) is 5.32 Å². The van der Waals surface area contributed by atoms with E-state index in [0.29, 0.717) is 16.9 Å². The van der Waals surface area contributed by atoms with Crippen LogP contribution in [0.15, 0.2) is 59.4 Å². The van der Waals surface area contributed by atoms with Crippen molar-refractivity contribution in [3.63, 3.8) is 0 Å². The van der Waals surface area contributed by atoms with Gasteiger partial charge >= 0.3 is 5.97 Å². The van der Waals surface area contributed by atoms with Gasteiger partial charge in [0.25, 0.3) is 11.5 Å². The zero-order valence-corrected chi connectivity index (χ0v) is 16.8. The molecule has 0 saturated heterocycles. The number of carbonyl (C=O) groups excluding carboxylic acids is 2. The molecule has 0 radical (unpaired) electrons. The Balaban J connectivity index is 1.80. The molecule has 1 N–H and O–H groups in total. The number of carbonyl (C=O) groups is 2. The van der Waals surface area contributed by atoms with Crippen LogP contribution < -0.4 is 10.9 Å². The second-order valence-corrected chi connectivity index (χ2v) is 6.79. The molecule has 1 aromatic heterocycles. The number of rotatable bonds is 5. The molecule has 1 heterocycles. The van der Waals surface area contributed by atoms with E-state index in [1.54, 1.807) is 55.9 Å². The lowest BCUT2D eigenvalue weighted by atomic mass is 10.1. The number of aryl methyl sites for hydroxylation is 1. The number of nitrogens with zero attached hydrogens (tertiary/aromatic N) is 2. The fourth-order valence-electron chi connectivity index (χ4n) is 3.02. The number of hydrogen-bond acceptors (Lipinski definition) is 4. The van der Waals surface area contributed by atoms with Crippen LogP contribution in [0.3, 0.4) is 0 Å². The van der Waals surface area contributed by atoms with Gasteiger partial charge < -0.3 is 10.1 Å². The maximum atomic E-state index is 12.9. The SMILES string of the molecule is Cc1ccccc1C(=O)O[C@H](C)C(=O)Nc1c(C)n(C)n(-c2ccccc2)c1=O. The number of esters is 1. The standard InChI is InChI=1S/C22H23N3O4/c1-14-10-8-9-13-18(14)22(28)29-16(3)20(26)23-19-15(2)24(4)25(21(19)27)17-11-6-5-7-12-17/h5-13,16H,1-4H3,(H,23,26)/t16-/m1/s1. The Morgan fingerprint density at radius 3 is 2.28 bits per heavy atom. The third-order valence-corrected chi connectivity index (χ3v) is 4.82. The van der Waals surface area contributed by atoms with Crippen LogP contribution in [0.1, 0.15) is 28.5 Å². The second-order valence-electron chi connectivity index (χ2n) is 6.79. The number of ether oxygens (including phenoxy) is 1. The molecule has 0 unspecified atom stereocenters. The average molecular weight is 393 g/mol. The first-order valence-electron chi connectivity index (χ1n) is 9.22. The van der Waals surface area contributed by atoms with Gasteiger partial charge in [-0.15, -0.1) is 0 Å². The van der Waals surface area contributed by atoms with Crippen molar-refractivity contribution in [1.29, 1.82) is 0 Å². The number of benzene rings is 2. The summed E-state index contributed by atoms with van der Waals surface area (Å²) in [4.78, 5) is 37.8. The lowest BCUT2D eigenvalue weighted by molar-refractivity contribution is -0.123. The Hall–Kier alpha value is -3.61. The van der Waals surface area contributed by atoms with Gasteiger partial charge in [0.05, 0.1) is 16.9 Å². The van der Waals surface area contributed by atoms with Gasteiger partial charge in [0, 0.05) is 7.05 Å². The lowest BCUT2D eigenvalue weighted by Gasteiger charge is -2.14. The summed E-state index contributed by atoms with van der Waals surface area (Å²) in [5, 5.41) is 2.61. The first kappa shape index (κ1) is 20.1. The summed E-state index contributed by atoms with van der Waals surface area (Å²) in [5.74, 6) is -1.16. The van der Waals surface area contributed by atoms with Gasteiger partial charge in [0.1, 0.15) is 5.69 Å². The van der Waals surface area contributed by atoms with Crippen molar-refractivity contribution in [3.05, 3.63) is 81.8 Å². The van der Waals surface area contributed by atoms with Gasteiger partial charge in [-0.25, -0.2) is 9.48 Å². The lowest BCUT2D eigenvalue weighted by Crippen LogP contribution is -2.32. The number of amides is 1. The Labute approximate surface area is 168 Å². The van der Waals surface area contributed by atoms with Gasteiger partial charge in [-0.05, 0) is 44.5 Å². The summed E-state index contributed by atoms with van der Waals surface area (Å²) in [6, 6.07) is 16.1. The highest BCUT2D eigenvalue weighted by Crippen LogP contribution is 2.15. The van der Waals surface area contributed by atoms with Crippen LogP contribution in [0.5, 0.6) is 0 Å². The highest BCUT2D eigenvalue weighted by Gasteiger charge is 2.24. The molecule has 0 saturated carbocycles. The number of nitrogens with one attached hydrogen (secondary N) is 1. The van der Waals surface area contributed by atoms with E-state index in [-0.39, 0.29) is 11.2 Å². The predicted octanol–water partition coefficient (Wildman–Crippen LogP) is 2.98. The van der Waals surface area contributed by atoms with Crippen molar-refractivity contribution in [2.75, 3.05) is 5.32 Å². The molecular weight excluding hydrogens is 370 g/mol. The van der Waals surface area contributed by atoms with E-state index in [1.165, 1.54) is 11.6 Å². The Morgan fingerprint density at radius 2 is 1.62 bits per heavy atom. The van der Waals surface area contributed by atoms with E-state index in [0.717, 1.165) is 5.56 Å². The normalized spacial score (nSPS) is 11.7. The van der Waals surface area contributed by atoms with Gasteiger partial charge in [-0.2, -0.15) is 0 Å². The molecule has 7 nitrogen and oxygen atoms in total. The number of anilines is 1. The van der Waals surface area contributed by atoms with E-state index >= 15 is 0 Å². The maximum absolute atomic E-state index is 12.9. The molecule has 0 aliphatic carbocycles. The van der Waals surface area contributed by atoms with E-state index in [9.17, 15) is 14.4 Å². The van der Waals surface area contributed by atoms with Crippen LogP contribution in [-0.2, 0) is 16.6 Å². The molecule has 150 valence electrons. The van der Waals surface area contributed by atoms with E-state index in [1.807, 2.05) is 24.3 Å². The monoisotopic (exact) mass is 393 g/mol. The number of hydrogen-bond donors (Lipinski definition) is 1. The van der Waals surface area contributed by atoms with Crippen LogP contribution in [0.2, 0.25) is 0 Å². The van der Waals surface area contributed by atoms with Crippen molar-refractivity contribution in [2.45, 2.75) is 26.9 Å². The largest absolute Gasteiger partial charge is 0.449 e. The molecule has 7 heteroatoms. The Kier molecular flexibility index (Phi) is 5.68. The third-order valence-electron chi connectivity index (χ3n) is 4.82. The molecule has 3 rings (SSSR count). The zero-order chi connectivity index (χ0) is 21.1. The summed E-state index contributed by atoms with van der Waals surface area (Å²) in [7, 11) is 1.74. The van der Waals surface area contributed by atoms with Crippen molar-refractivity contribution < 1.29 is 14.3 Å². The fraction of sp³-hybridized carbons (Fsp3) is 0.227. The van der Waals surface area contributed by atoms with Crippen LogP contribution in [0, 0.1) is 13.8 Å². The molecule has 0 fully saturated rings. The summed E-state index contributed by atoms with van der Waals surface area (Å²) < 4.78 is 8.42. The zero-order valence-electron chi connectivity index (χ0n) is 16.8. The number of aromatic nitrogens is 2. The first-order chi connectivity index (χ1) is 13.8. The third kappa shape index (κ3) is 3.99. The quantitative estimate of drug-likeness (QED) is 0.676. The molecule has 0 aliphatic rings.